The van der Waals surface area contributed by atoms with Gasteiger partial charge in [-0.15, -0.1) is 0 Å². The second-order valence-electron chi connectivity index (χ2n) is 6.89. The average Bonchev–Trinajstić information content (AvgIpc) is 2.75. The molecule has 3 aromatic rings. The normalized spacial score (nSPS) is 16.2. The summed E-state index contributed by atoms with van der Waals surface area (Å²) in [6.07, 6.45) is 5.38. The summed E-state index contributed by atoms with van der Waals surface area (Å²) < 4.78 is 0. The third kappa shape index (κ3) is 3.01. The van der Waals surface area contributed by atoms with Gasteiger partial charge in [0, 0.05) is 30.9 Å². The van der Waals surface area contributed by atoms with Gasteiger partial charge in [-0.3, -0.25) is 9.78 Å². The molecular weight excluding hydrogens is 320 g/mol. The first-order valence-electron chi connectivity index (χ1n) is 9.10. The minimum Gasteiger partial charge on any atom is -0.337 e. The number of pyridine rings is 1. The van der Waals surface area contributed by atoms with E-state index in [1.165, 1.54) is 11.1 Å². The van der Waals surface area contributed by atoms with Crippen LogP contribution in [-0.4, -0.2) is 28.9 Å². The van der Waals surface area contributed by atoms with E-state index in [2.05, 4.69) is 53.5 Å². The standard InChI is InChI=1S/C23H22N2O/c26-22(19-9-7-15-24-17-19)25-16-8-14-23(18-25,20-10-3-1-4-11-20)21-12-5-2-6-13-21/h1-7,9-13,15,17H,8,14,16,18H2. The number of benzene rings is 2. The third-order valence-electron chi connectivity index (χ3n) is 5.34. The minimum absolute atomic E-state index is 0.0639. The summed E-state index contributed by atoms with van der Waals surface area (Å²) in [7, 11) is 0. The van der Waals surface area contributed by atoms with Crippen LogP contribution in [0, 0.1) is 0 Å². The molecule has 3 heteroatoms. The van der Waals surface area contributed by atoms with Crippen molar-refractivity contribution in [1.29, 1.82) is 0 Å². The number of hydrogen-bond acceptors (Lipinski definition) is 2. The highest BCUT2D eigenvalue weighted by Gasteiger charge is 2.40. The lowest BCUT2D eigenvalue weighted by Crippen LogP contribution is -2.49. The molecule has 0 aliphatic carbocycles. The van der Waals surface area contributed by atoms with Crippen LogP contribution in [0.5, 0.6) is 0 Å². The van der Waals surface area contributed by atoms with Crippen molar-refractivity contribution < 1.29 is 4.79 Å². The highest BCUT2D eigenvalue weighted by molar-refractivity contribution is 5.94. The predicted molar refractivity (Wildman–Crippen MR) is 103 cm³/mol. The molecule has 2 aromatic carbocycles. The maximum Gasteiger partial charge on any atom is 0.255 e. The van der Waals surface area contributed by atoms with Crippen molar-refractivity contribution in [2.24, 2.45) is 0 Å². The molecule has 4 rings (SSSR count). The fraction of sp³-hybridized carbons (Fsp3) is 0.217. The number of amides is 1. The number of nitrogens with zero attached hydrogens (tertiary/aromatic N) is 2. The van der Waals surface area contributed by atoms with Crippen LogP contribution in [-0.2, 0) is 5.41 Å². The lowest BCUT2D eigenvalue weighted by molar-refractivity contribution is 0.0666. The zero-order valence-corrected chi connectivity index (χ0v) is 14.7. The summed E-state index contributed by atoms with van der Waals surface area (Å²) in [4.78, 5) is 19.1. The van der Waals surface area contributed by atoms with Crippen molar-refractivity contribution in [3.8, 4) is 0 Å². The number of likely N-dealkylation sites (tertiary alicyclic amines) is 1. The molecule has 3 nitrogen and oxygen atoms in total. The van der Waals surface area contributed by atoms with Gasteiger partial charge < -0.3 is 4.90 Å². The maximum absolute atomic E-state index is 13.0. The van der Waals surface area contributed by atoms with Gasteiger partial charge in [-0.2, -0.15) is 0 Å². The Hall–Kier alpha value is -2.94. The summed E-state index contributed by atoms with van der Waals surface area (Å²) in [5.41, 5.74) is 3.03. The summed E-state index contributed by atoms with van der Waals surface area (Å²) in [5.74, 6) is 0.0639. The SMILES string of the molecule is O=C(c1cccnc1)N1CCCC(c2ccccc2)(c2ccccc2)C1. The maximum atomic E-state index is 13.0. The molecule has 0 N–H and O–H groups in total. The first-order valence-corrected chi connectivity index (χ1v) is 9.10. The summed E-state index contributed by atoms with van der Waals surface area (Å²) in [6, 6.07) is 24.8. The monoisotopic (exact) mass is 342 g/mol. The minimum atomic E-state index is -0.168. The molecular formula is C23H22N2O. The van der Waals surface area contributed by atoms with E-state index in [1.807, 2.05) is 29.2 Å². The Balaban J connectivity index is 1.74. The van der Waals surface area contributed by atoms with Crippen molar-refractivity contribution in [1.82, 2.24) is 9.88 Å². The largest absolute Gasteiger partial charge is 0.337 e. The van der Waals surface area contributed by atoms with Crippen LogP contribution in [0.25, 0.3) is 0 Å². The van der Waals surface area contributed by atoms with Crippen LogP contribution in [0.4, 0.5) is 0 Å². The van der Waals surface area contributed by atoms with Gasteiger partial charge in [0.15, 0.2) is 0 Å². The van der Waals surface area contributed by atoms with Crippen molar-refractivity contribution >= 4 is 5.91 Å². The van der Waals surface area contributed by atoms with Crippen molar-refractivity contribution in [3.63, 3.8) is 0 Å². The Kier molecular flexibility index (Phi) is 4.53. The fourth-order valence-corrected chi connectivity index (χ4v) is 4.05. The van der Waals surface area contributed by atoms with Gasteiger partial charge in [0.05, 0.1) is 5.56 Å². The van der Waals surface area contributed by atoms with Crippen LogP contribution >= 0.6 is 0 Å². The van der Waals surface area contributed by atoms with Gasteiger partial charge in [0.2, 0.25) is 0 Å². The van der Waals surface area contributed by atoms with Crippen LogP contribution in [0.2, 0.25) is 0 Å². The van der Waals surface area contributed by atoms with Crippen LogP contribution < -0.4 is 0 Å². The number of hydrogen-bond donors (Lipinski definition) is 0. The topological polar surface area (TPSA) is 33.2 Å². The van der Waals surface area contributed by atoms with E-state index < -0.39 is 0 Å². The summed E-state index contributed by atoms with van der Waals surface area (Å²) >= 11 is 0. The highest BCUT2D eigenvalue weighted by atomic mass is 16.2. The van der Waals surface area contributed by atoms with Crippen LogP contribution in [0.1, 0.15) is 34.3 Å². The molecule has 26 heavy (non-hydrogen) atoms. The van der Waals surface area contributed by atoms with E-state index in [4.69, 9.17) is 0 Å². The molecule has 130 valence electrons. The number of rotatable bonds is 3. The molecule has 1 aliphatic rings. The molecule has 0 bridgehead atoms. The second-order valence-corrected chi connectivity index (χ2v) is 6.89. The van der Waals surface area contributed by atoms with Gasteiger partial charge in [0.1, 0.15) is 0 Å². The van der Waals surface area contributed by atoms with E-state index in [9.17, 15) is 4.79 Å². The smallest absolute Gasteiger partial charge is 0.255 e. The molecule has 1 saturated heterocycles. The Morgan fingerprint density at radius 1 is 0.885 bits per heavy atom. The molecule has 1 fully saturated rings. The zero-order chi connectivity index (χ0) is 17.8. The molecule has 0 spiro atoms. The van der Waals surface area contributed by atoms with E-state index >= 15 is 0 Å². The number of carbonyl (C=O) groups excluding carboxylic acids is 1. The molecule has 0 radical (unpaired) electrons. The molecule has 0 atom stereocenters. The van der Waals surface area contributed by atoms with Gasteiger partial charge in [0.25, 0.3) is 5.91 Å². The number of carbonyl (C=O) groups is 1. The lowest BCUT2D eigenvalue weighted by Gasteiger charge is -2.44. The quantitative estimate of drug-likeness (QED) is 0.711. The predicted octanol–water partition coefficient (Wildman–Crippen LogP) is 4.30. The lowest BCUT2D eigenvalue weighted by atomic mass is 9.69. The summed E-state index contributed by atoms with van der Waals surface area (Å²) in [6.45, 7) is 1.48. The van der Waals surface area contributed by atoms with Gasteiger partial charge in [-0.05, 0) is 36.1 Å². The first kappa shape index (κ1) is 16.5. The van der Waals surface area contributed by atoms with Crippen molar-refractivity contribution in [2.45, 2.75) is 18.3 Å². The van der Waals surface area contributed by atoms with Gasteiger partial charge >= 0.3 is 0 Å². The number of aromatic nitrogens is 1. The first-order chi connectivity index (χ1) is 12.8. The molecule has 1 aliphatic heterocycles. The van der Waals surface area contributed by atoms with E-state index in [1.54, 1.807) is 12.4 Å². The third-order valence-corrected chi connectivity index (χ3v) is 5.34. The van der Waals surface area contributed by atoms with E-state index in [-0.39, 0.29) is 11.3 Å². The van der Waals surface area contributed by atoms with Gasteiger partial charge in [-0.1, -0.05) is 60.7 Å². The Morgan fingerprint density at radius 3 is 2.12 bits per heavy atom. The van der Waals surface area contributed by atoms with Crippen molar-refractivity contribution in [3.05, 3.63) is 102 Å². The van der Waals surface area contributed by atoms with Crippen LogP contribution in [0.3, 0.4) is 0 Å². The molecule has 0 unspecified atom stereocenters. The molecule has 0 saturated carbocycles. The fourth-order valence-electron chi connectivity index (χ4n) is 4.05. The van der Waals surface area contributed by atoms with Gasteiger partial charge in [-0.25, -0.2) is 0 Å². The van der Waals surface area contributed by atoms with E-state index in [0.29, 0.717) is 12.1 Å². The van der Waals surface area contributed by atoms with E-state index in [0.717, 1.165) is 19.4 Å². The van der Waals surface area contributed by atoms with Crippen molar-refractivity contribution in [2.75, 3.05) is 13.1 Å². The Bertz CT molecular complexity index is 823. The zero-order valence-electron chi connectivity index (χ0n) is 14.7. The Morgan fingerprint density at radius 2 is 1.54 bits per heavy atom. The summed E-state index contributed by atoms with van der Waals surface area (Å²) in [5, 5.41) is 0. The highest BCUT2D eigenvalue weighted by Crippen LogP contribution is 2.40. The average molecular weight is 342 g/mol. The number of piperidine rings is 1. The van der Waals surface area contributed by atoms with Crippen LogP contribution in [0.15, 0.2) is 85.2 Å². The molecule has 1 amide bonds. The second kappa shape index (κ2) is 7.12. The molecule has 1 aromatic heterocycles. The molecule has 2 heterocycles. The Labute approximate surface area is 154 Å².